The first kappa shape index (κ1) is 30.4. The van der Waals surface area contributed by atoms with Crippen molar-refractivity contribution < 1.29 is 42.0 Å². The van der Waals surface area contributed by atoms with E-state index in [2.05, 4.69) is 10.2 Å². The van der Waals surface area contributed by atoms with E-state index in [9.17, 15) is 18.3 Å². The molecule has 5 rings (SSSR count). The molecule has 2 N–H and O–H groups in total. The number of amides is 1. The smallest absolute Gasteiger partial charge is 0.407 e. The minimum atomic E-state index is -4.08. The van der Waals surface area contributed by atoms with Gasteiger partial charge in [0.05, 0.1) is 39.0 Å². The number of carbonyl (C=O) groups excluding carboxylic acids is 1. The topological polar surface area (TPSA) is 136 Å². The number of benzene rings is 1. The van der Waals surface area contributed by atoms with E-state index in [1.807, 2.05) is 0 Å². The van der Waals surface area contributed by atoms with E-state index in [-0.39, 0.29) is 48.6 Å². The molecule has 1 aromatic carbocycles. The number of ether oxygens (including phenoxy) is 5. The number of methoxy groups -OCH3 is 1. The first-order valence-corrected chi connectivity index (χ1v) is 16.1. The first-order valence-electron chi connectivity index (χ1n) is 14.7. The highest BCUT2D eigenvalue weighted by Crippen LogP contribution is 2.34. The van der Waals surface area contributed by atoms with E-state index in [0.29, 0.717) is 19.0 Å². The molecule has 4 aliphatic heterocycles. The summed E-state index contributed by atoms with van der Waals surface area (Å²) >= 11 is 0. The molecule has 0 aliphatic carbocycles. The number of nitrogens with one attached hydrogen (secondary N) is 1. The van der Waals surface area contributed by atoms with Gasteiger partial charge in [-0.3, -0.25) is 4.90 Å². The molecule has 12 nitrogen and oxygen atoms in total. The lowest BCUT2D eigenvalue weighted by atomic mass is 9.91. The van der Waals surface area contributed by atoms with Gasteiger partial charge in [-0.1, -0.05) is 0 Å². The Morgan fingerprint density at radius 3 is 2.83 bits per heavy atom. The van der Waals surface area contributed by atoms with Crippen LogP contribution in [0.25, 0.3) is 0 Å². The summed E-state index contributed by atoms with van der Waals surface area (Å²) in [7, 11) is -0.925. The van der Waals surface area contributed by atoms with E-state index in [4.69, 9.17) is 23.7 Å². The summed E-state index contributed by atoms with van der Waals surface area (Å²) in [4.78, 5) is 15.1. The standard InChI is InChI=1S/C27H42BN3O9S/c1-36-19-7-8-24-22(14-19)37-12-4-2-3-10-30-11-5-6-18(30)15-31(41(24,34)35)16-21(32)25(28)29-27(33)40-23-17-39-26-20(23)9-13-38-26/h7-8,14,18,20-21,23,25-26,32H,2-6,9-13,15-17,28H2,1H3,(H,29,33)/t18-,20+,21-,23+,25-,26-/m1/s1. The molecule has 228 valence electrons. The van der Waals surface area contributed by atoms with Crippen molar-refractivity contribution in [2.45, 2.75) is 73.9 Å². The van der Waals surface area contributed by atoms with Gasteiger partial charge in [-0.2, -0.15) is 4.31 Å². The Hall–Kier alpha value is -2.10. The molecule has 3 saturated heterocycles. The Labute approximate surface area is 243 Å². The van der Waals surface area contributed by atoms with E-state index in [0.717, 1.165) is 51.6 Å². The fourth-order valence-corrected chi connectivity index (χ4v) is 7.73. The summed E-state index contributed by atoms with van der Waals surface area (Å²) in [5.74, 6) is -0.0511. The summed E-state index contributed by atoms with van der Waals surface area (Å²) in [5.41, 5.74) is 0. The minimum absolute atomic E-state index is 0.00655. The summed E-state index contributed by atoms with van der Waals surface area (Å²) in [6, 6.07) is 4.73. The van der Waals surface area contributed by atoms with Crippen LogP contribution in [0.3, 0.4) is 0 Å². The molecule has 1 amide bonds. The molecule has 6 atom stereocenters. The molecule has 0 bridgehead atoms. The van der Waals surface area contributed by atoms with Gasteiger partial charge in [0.15, 0.2) is 6.29 Å². The van der Waals surface area contributed by atoms with Crippen LogP contribution >= 0.6 is 0 Å². The third-order valence-corrected chi connectivity index (χ3v) is 10.5. The first-order chi connectivity index (χ1) is 19.8. The zero-order valence-electron chi connectivity index (χ0n) is 23.9. The van der Waals surface area contributed by atoms with Crippen LogP contribution in [-0.4, -0.2) is 120 Å². The van der Waals surface area contributed by atoms with Gasteiger partial charge >= 0.3 is 6.09 Å². The van der Waals surface area contributed by atoms with Crippen molar-refractivity contribution >= 4 is 24.0 Å². The lowest BCUT2D eigenvalue weighted by molar-refractivity contribution is -0.0907. The third-order valence-electron chi connectivity index (χ3n) is 8.59. The zero-order chi connectivity index (χ0) is 29.0. The second-order valence-corrected chi connectivity index (χ2v) is 13.3. The highest BCUT2D eigenvalue weighted by Gasteiger charge is 2.44. The lowest BCUT2D eigenvalue weighted by Crippen LogP contribution is -2.52. The minimum Gasteiger partial charge on any atom is -0.497 e. The molecule has 0 unspecified atom stereocenters. The van der Waals surface area contributed by atoms with Gasteiger partial charge in [0.2, 0.25) is 10.0 Å². The van der Waals surface area contributed by atoms with Gasteiger partial charge in [-0.15, -0.1) is 0 Å². The second-order valence-electron chi connectivity index (χ2n) is 11.3. The maximum absolute atomic E-state index is 14.2. The summed E-state index contributed by atoms with van der Waals surface area (Å²) in [6.07, 6.45) is 2.80. The van der Waals surface area contributed by atoms with Crippen molar-refractivity contribution in [1.82, 2.24) is 14.5 Å². The van der Waals surface area contributed by atoms with Crippen molar-refractivity contribution in [3.05, 3.63) is 18.2 Å². The largest absolute Gasteiger partial charge is 0.497 e. The van der Waals surface area contributed by atoms with Crippen LogP contribution < -0.4 is 14.8 Å². The van der Waals surface area contributed by atoms with Gasteiger partial charge in [0.25, 0.3) is 0 Å². The fourth-order valence-electron chi connectivity index (χ4n) is 6.13. The maximum Gasteiger partial charge on any atom is 0.407 e. The average molecular weight is 596 g/mol. The number of fused-ring (bicyclic) bond motifs is 3. The summed E-state index contributed by atoms with van der Waals surface area (Å²) < 4.78 is 57.6. The van der Waals surface area contributed by atoms with Gasteiger partial charge < -0.3 is 34.1 Å². The predicted molar refractivity (Wildman–Crippen MR) is 151 cm³/mol. The molecule has 0 radical (unpaired) electrons. The van der Waals surface area contributed by atoms with Crippen LogP contribution in [0.2, 0.25) is 0 Å². The molecule has 4 aliphatic rings. The summed E-state index contributed by atoms with van der Waals surface area (Å²) in [6.45, 7) is 3.06. The molecular formula is C27H42BN3O9S. The van der Waals surface area contributed by atoms with Crippen LogP contribution in [0.5, 0.6) is 11.5 Å². The number of hydrogen-bond acceptors (Lipinski definition) is 10. The van der Waals surface area contributed by atoms with E-state index >= 15 is 0 Å². The molecule has 4 heterocycles. The number of sulfonamides is 1. The Bertz CT molecular complexity index is 1160. The third kappa shape index (κ3) is 7.11. The van der Waals surface area contributed by atoms with E-state index < -0.39 is 34.3 Å². The zero-order valence-corrected chi connectivity index (χ0v) is 24.7. The normalized spacial score (nSPS) is 30.3. The number of hydrogen-bond donors (Lipinski definition) is 2. The van der Waals surface area contributed by atoms with Crippen LogP contribution in [-0.2, 0) is 24.2 Å². The van der Waals surface area contributed by atoms with Crippen molar-refractivity contribution in [2.24, 2.45) is 5.92 Å². The SMILES string of the molecule is B[C@H](NC(=O)O[C@H]1CO[C@H]2OCC[C@H]21)[C@H](O)CN1C[C@H]2CCCN2CCCCCOc2cc(OC)ccc2S1(=O)=O. The lowest BCUT2D eigenvalue weighted by Gasteiger charge is -2.33. The van der Waals surface area contributed by atoms with Crippen molar-refractivity contribution in [3.63, 3.8) is 0 Å². The number of alkyl carbamates (subject to hydrolysis) is 1. The second kappa shape index (κ2) is 13.5. The molecule has 3 fully saturated rings. The van der Waals surface area contributed by atoms with Crippen LogP contribution in [0.15, 0.2) is 23.1 Å². The predicted octanol–water partition coefficient (Wildman–Crippen LogP) is 0.521. The Kier molecular flexibility index (Phi) is 9.98. The fraction of sp³-hybridized carbons (Fsp3) is 0.741. The van der Waals surface area contributed by atoms with Gasteiger partial charge in [0, 0.05) is 31.1 Å². The Morgan fingerprint density at radius 2 is 2.00 bits per heavy atom. The number of aliphatic hydroxyl groups is 1. The highest BCUT2D eigenvalue weighted by molar-refractivity contribution is 7.89. The number of β-amino-alcohol motifs (C(OH)–C–C–N with tert-alkyl or cyclic N) is 1. The van der Waals surface area contributed by atoms with E-state index in [1.165, 1.54) is 17.5 Å². The molecule has 0 aromatic heterocycles. The van der Waals surface area contributed by atoms with Crippen molar-refractivity contribution in [3.8, 4) is 11.5 Å². The molecule has 14 heteroatoms. The molecule has 1 aromatic rings. The highest BCUT2D eigenvalue weighted by atomic mass is 32.2. The van der Waals surface area contributed by atoms with E-state index in [1.54, 1.807) is 20.0 Å². The number of aliphatic hydroxyl groups excluding tert-OH is 1. The summed E-state index contributed by atoms with van der Waals surface area (Å²) in [5, 5.41) is 13.9. The Balaban J connectivity index is 1.32. The van der Waals surface area contributed by atoms with Crippen molar-refractivity contribution in [1.29, 1.82) is 0 Å². The monoisotopic (exact) mass is 595 g/mol. The van der Waals surface area contributed by atoms with Crippen LogP contribution in [0.1, 0.15) is 38.5 Å². The number of nitrogens with zero attached hydrogens (tertiary/aromatic N) is 2. The molecular weight excluding hydrogens is 553 g/mol. The van der Waals surface area contributed by atoms with Gasteiger partial charge in [-0.05, 0) is 63.7 Å². The average Bonchev–Trinajstić information content (AvgIpc) is 3.68. The number of rotatable bonds is 6. The molecule has 41 heavy (non-hydrogen) atoms. The van der Waals surface area contributed by atoms with Crippen LogP contribution in [0.4, 0.5) is 4.79 Å². The molecule has 0 saturated carbocycles. The van der Waals surface area contributed by atoms with Crippen molar-refractivity contribution in [2.75, 3.05) is 53.1 Å². The molecule has 0 spiro atoms. The maximum atomic E-state index is 14.2. The Morgan fingerprint density at radius 1 is 1.17 bits per heavy atom. The van der Waals surface area contributed by atoms with Gasteiger partial charge in [-0.25, -0.2) is 13.2 Å². The number of carbonyl (C=O) groups is 1. The quantitative estimate of drug-likeness (QED) is 0.448. The van der Waals surface area contributed by atoms with Crippen LogP contribution in [0, 0.1) is 5.92 Å². The van der Waals surface area contributed by atoms with Gasteiger partial charge in [0.1, 0.15) is 30.3 Å².